The molecule has 0 bridgehead atoms. The number of hydrogen-bond acceptors (Lipinski definition) is 6. The van der Waals surface area contributed by atoms with Crippen LogP contribution in [0, 0.1) is 31.1 Å². The molecular formula is C30H40N4O5. The third-order valence-corrected chi connectivity index (χ3v) is 6.15. The lowest BCUT2D eigenvalue weighted by Crippen LogP contribution is -2.54. The average molecular weight is 537 g/mol. The van der Waals surface area contributed by atoms with Crippen LogP contribution in [0.15, 0.2) is 42.5 Å². The van der Waals surface area contributed by atoms with Crippen LogP contribution in [0.5, 0.6) is 5.75 Å². The maximum absolute atomic E-state index is 14.1. The number of aryl methyl sites for hydroxylation is 2. The van der Waals surface area contributed by atoms with Crippen molar-refractivity contribution in [2.75, 3.05) is 19.0 Å². The van der Waals surface area contributed by atoms with E-state index in [1.807, 2.05) is 52.0 Å². The Bertz CT molecular complexity index is 1180. The molecule has 3 amide bonds. The summed E-state index contributed by atoms with van der Waals surface area (Å²) in [6, 6.07) is 12.3. The first-order valence-electron chi connectivity index (χ1n) is 13.0. The minimum absolute atomic E-state index is 0.296. The summed E-state index contributed by atoms with van der Waals surface area (Å²) in [6.07, 6.45) is -0.178. The number of ether oxygens (including phenoxy) is 2. The maximum Gasteiger partial charge on any atom is 0.408 e. The third-order valence-electron chi connectivity index (χ3n) is 6.15. The van der Waals surface area contributed by atoms with Gasteiger partial charge in [-0.2, -0.15) is 5.26 Å². The Kier molecular flexibility index (Phi) is 10.9. The molecule has 0 saturated carbocycles. The predicted molar refractivity (Wildman–Crippen MR) is 150 cm³/mol. The number of methoxy groups -OCH3 is 1. The molecular weight excluding hydrogens is 496 g/mol. The normalized spacial score (nSPS) is 13.3. The largest absolute Gasteiger partial charge is 0.497 e. The van der Waals surface area contributed by atoms with Crippen LogP contribution in [0.25, 0.3) is 0 Å². The quantitative estimate of drug-likeness (QED) is 0.399. The second-order valence-corrected chi connectivity index (χ2v) is 10.7. The van der Waals surface area contributed by atoms with Crippen LogP contribution in [0.1, 0.15) is 63.8 Å². The zero-order chi connectivity index (χ0) is 29.3. The number of anilines is 1. The number of hydrogen-bond donors (Lipinski definition) is 2. The number of amides is 3. The van der Waals surface area contributed by atoms with Gasteiger partial charge in [-0.25, -0.2) is 4.79 Å². The monoisotopic (exact) mass is 536 g/mol. The van der Waals surface area contributed by atoms with E-state index in [2.05, 4.69) is 10.6 Å². The Morgan fingerprint density at radius 1 is 1.05 bits per heavy atom. The Morgan fingerprint density at radius 3 is 2.13 bits per heavy atom. The highest BCUT2D eigenvalue weighted by Gasteiger charge is 2.38. The number of alkyl carbamates (subject to hydrolysis) is 1. The fourth-order valence-corrected chi connectivity index (χ4v) is 4.19. The van der Waals surface area contributed by atoms with Crippen molar-refractivity contribution in [2.45, 2.75) is 72.6 Å². The van der Waals surface area contributed by atoms with Gasteiger partial charge in [0, 0.05) is 5.69 Å². The van der Waals surface area contributed by atoms with E-state index in [-0.39, 0.29) is 12.5 Å². The SMILES string of the molecule is CCC(C)C(NC(=O)OC(C)(C)C)C(=O)N(CC#N)C(C(=O)Nc1ccc(OC)cc1)c1cc(C)cc(C)c1. The van der Waals surface area contributed by atoms with Gasteiger partial charge < -0.3 is 25.0 Å². The molecule has 0 aliphatic carbocycles. The number of carbonyl (C=O) groups excluding carboxylic acids is 3. The molecule has 0 saturated heterocycles. The molecule has 2 N–H and O–H groups in total. The highest BCUT2D eigenvalue weighted by atomic mass is 16.6. The first kappa shape index (κ1) is 31.2. The van der Waals surface area contributed by atoms with Gasteiger partial charge >= 0.3 is 6.09 Å². The van der Waals surface area contributed by atoms with Crippen molar-refractivity contribution in [1.82, 2.24) is 10.2 Å². The van der Waals surface area contributed by atoms with Crippen molar-refractivity contribution in [3.63, 3.8) is 0 Å². The summed E-state index contributed by atoms with van der Waals surface area (Å²) >= 11 is 0. The summed E-state index contributed by atoms with van der Waals surface area (Å²) in [7, 11) is 1.55. The van der Waals surface area contributed by atoms with E-state index >= 15 is 0 Å². The lowest BCUT2D eigenvalue weighted by Gasteiger charge is -2.34. The van der Waals surface area contributed by atoms with Crippen LogP contribution in [0.4, 0.5) is 10.5 Å². The van der Waals surface area contributed by atoms with Gasteiger partial charge in [-0.3, -0.25) is 9.59 Å². The number of carbonyl (C=O) groups is 3. The molecule has 39 heavy (non-hydrogen) atoms. The predicted octanol–water partition coefficient (Wildman–Crippen LogP) is 5.28. The standard InChI is InChI=1S/C30H40N4O5/c1-9-21(4)25(33-29(37)39-30(5,6)7)28(36)34(15-14-31)26(22-17-19(2)16-20(3)18-22)27(35)32-23-10-12-24(38-8)13-11-23/h10-13,16-18,21,25-26H,9,15H2,1-8H3,(H,32,35)(H,33,37). The molecule has 2 aromatic carbocycles. The zero-order valence-electron chi connectivity index (χ0n) is 24.1. The Balaban J connectivity index is 2.56. The average Bonchev–Trinajstić information content (AvgIpc) is 2.85. The van der Waals surface area contributed by atoms with E-state index in [1.165, 1.54) is 4.90 Å². The van der Waals surface area contributed by atoms with E-state index in [9.17, 15) is 19.6 Å². The number of nitrogens with zero attached hydrogens (tertiary/aromatic N) is 2. The number of benzene rings is 2. The first-order valence-corrected chi connectivity index (χ1v) is 13.0. The summed E-state index contributed by atoms with van der Waals surface area (Å²) in [5, 5.41) is 15.3. The van der Waals surface area contributed by atoms with Crippen LogP contribution < -0.4 is 15.4 Å². The Labute approximate surface area is 231 Å². The zero-order valence-corrected chi connectivity index (χ0v) is 24.1. The first-order chi connectivity index (χ1) is 18.3. The molecule has 9 heteroatoms. The van der Waals surface area contributed by atoms with Gasteiger partial charge in [0.15, 0.2) is 0 Å². The second kappa shape index (κ2) is 13.7. The van der Waals surface area contributed by atoms with Crippen molar-refractivity contribution in [3.05, 3.63) is 59.2 Å². The fourth-order valence-electron chi connectivity index (χ4n) is 4.19. The summed E-state index contributed by atoms with van der Waals surface area (Å²) in [5.74, 6) is -0.708. The van der Waals surface area contributed by atoms with Crippen LogP contribution in [-0.4, -0.2) is 48.1 Å². The van der Waals surface area contributed by atoms with Crippen LogP contribution in [-0.2, 0) is 14.3 Å². The molecule has 0 radical (unpaired) electrons. The highest BCUT2D eigenvalue weighted by Crippen LogP contribution is 2.28. The molecule has 3 unspecified atom stereocenters. The molecule has 210 valence electrons. The van der Waals surface area contributed by atoms with Gasteiger partial charge in [0.1, 0.15) is 30.0 Å². The summed E-state index contributed by atoms with van der Waals surface area (Å²) in [5.41, 5.74) is 2.11. The van der Waals surface area contributed by atoms with Crippen molar-refractivity contribution >= 4 is 23.6 Å². The minimum atomic E-state index is -1.13. The van der Waals surface area contributed by atoms with E-state index in [1.54, 1.807) is 52.1 Å². The van der Waals surface area contributed by atoms with Gasteiger partial charge in [0.05, 0.1) is 13.2 Å². The number of nitrogens with one attached hydrogen (secondary N) is 2. The van der Waals surface area contributed by atoms with Gasteiger partial charge in [0.25, 0.3) is 5.91 Å². The van der Waals surface area contributed by atoms with Gasteiger partial charge in [-0.05, 0) is 70.4 Å². The third kappa shape index (κ3) is 9.02. The lowest BCUT2D eigenvalue weighted by atomic mass is 9.94. The molecule has 0 spiro atoms. The molecule has 0 aliphatic rings. The van der Waals surface area contributed by atoms with E-state index in [0.29, 0.717) is 23.4 Å². The molecule has 0 aliphatic heterocycles. The topological polar surface area (TPSA) is 121 Å². The van der Waals surface area contributed by atoms with Crippen LogP contribution in [0.2, 0.25) is 0 Å². The van der Waals surface area contributed by atoms with E-state index in [4.69, 9.17) is 9.47 Å². The van der Waals surface area contributed by atoms with Crippen molar-refractivity contribution < 1.29 is 23.9 Å². The van der Waals surface area contributed by atoms with Crippen LogP contribution >= 0.6 is 0 Å². The number of nitriles is 1. The lowest BCUT2D eigenvalue weighted by molar-refractivity contribution is -0.141. The summed E-state index contributed by atoms with van der Waals surface area (Å²) in [6.45, 7) is 12.4. The Morgan fingerprint density at radius 2 is 1.64 bits per heavy atom. The van der Waals surface area contributed by atoms with Gasteiger partial charge in [0.2, 0.25) is 5.91 Å². The van der Waals surface area contributed by atoms with Crippen molar-refractivity contribution in [1.29, 1.82) is 5.26 Å². The summed E-state index contributed by atoms with van der Waals surface area (Å²) < 4.78 is 10.6. The minimum Gasteiger partial charge on any atom is -0.497 e. The van der Waals surface area contributed by atoms with E-state index < -0.39 is 35.6 Å². The number of rotatable bonds is 10. The molecule has 9 nitrogen and oxygen atoms in total. The molecule has 2 aromatic rings. The van der Waals surface area contributed by atoms with Gasteiger partial charge in [-0.1, -0.05) is 49.6 Å². The molecule has 0 heterocycles. The van der Waals surface area contributed by atoms with Crippen LogP contribution in [0.3, 0.4) is 0 Å². The fraction of sp³-hybridized carbons (Fsp3) is 0.467. The molecule has 3 atom stereocenters. The Hall–Kier alpha value is -4.06. The smallest absolute Gasteiger partial charge is 0.408 e. The summed E-state index contributed by atoms with van der Waals surface area (Å²) in [4.78, 5) is 41.8. The van der Waals surface area contributed by atoms with Gasteiger partial charge in [-0.15, -0.1) is 0 Å². The van der Waals surface area contributed by atoms with E-state index in [0.717, 1.165) is 11.1 Å². The molecule has 0 aromatic heterocycles. The molecule has 2 rings (SSSR count). The van der Waals surface area contributed by atoms with Crippen molar-refractivity contribution in [3.8, 4) is 11.8 Å². The van der Waals surface area contributed by atoms with Crippen molar-refractivity contribution in [2.24, 2.45) is 5.92 Å². The maximum atomic E-state index is 14.1. The highest BCUT2D eigenvalue weighted by molar-refractivity contribution is 5.99. The molecule has 0 fully saturated rings. The second-order valence-electron chi connectivity index (χ2n) is 10.7.